The van der Waals surface area contributed by atoms with Gasteiger partial charge in [0.1, 0.15) is 5.56 Å². The highest BCUT2D eigenvalue weighted by Gasteiger charge is 2.49. The Labute approximate surface area is 138 Å². The molecule has 136 valence electrons. The van der Waals surface area contributed by atoms with Crippen LogP contribution in [0.4, 0.5) is 13.2 Å². The quantitative estimate of drug-likeness (QED) is 0.452. The van der Waals surface area contributed by atoms with Crippen molar-refractivity contribution < 1.29 is 35.3 Å². The van der Waals surface area contributed by atoms with Crippen LogP contribution >= 0.6 is 0 Å². The van der Waals surface area contributed by atoms with Crippen LogP contribution in [0.1, 0.15) is 29.8 Å². The topological polar surface area (TPSA) is 81.7 Å². The zero-order valence-corrected chi connectivity index (χ0v) is 14.1. The number of hydrogen-bond donors (Lipinski definition) is 1. The highest BCUT2D eigenvalue weighted by molar-refractivity contribution is 7.88. The fourth-order valence-electron chi connectivity index (χ4n) is 1.70. The molecule has 0 bridgehead atoms. The molecule has 0 aliphatic carbocycles. The third-order valence-electron chi connectivity index (χ3n) is 2.81. The first-order valence-electron chi connectivity index (χ1n) is 6.90. The second kappa shape index (κ2) is 7.84. The summed E-state index contributed by atoms with van der Waals surface area (Å²) in [5, 5.41) is 3.09. The maximum Gasteiger partial charge on any atom is 0.534 e. The van der Waals surface area contributed by atoms with Crippen molar-refractivity contribution >= 4 is 16.1 Å². The van der Waals surface area contributed by atoms with Gasteiger partial charge in [0, 0.05) is 6.54 Å². The van der Waals surface area contributed by atoms with E-state index < -0.39 is 32.9 Å². The van der Waals surface area contributed by atoms with E-state index in [9.17, 15) is 26.4 Å². The van der Waals surface area contributed by atoms with Crippen molar-refractivity contribution in [1.82, 2.24) is 5.32 Å². The molecule has 0 aliphatic rings. The molecule has 0 aliphatic heterocycles. The minimum atomic E-state index is -5.88. The Balaban J connectivity index is 3.11. The molecule has 10 heteroatoms. The van der Waals surface area contributed by atoms with Gasteiger partial charge in [-0.1, -0.05) is 19.9 Å². The van der Waals surface area contributed by atoms with Gasteiger partial charge in [0.05, 0.1) is 7.11 Å². The maximum atomic E-state index is 12.4. The van der Waals surface area contributed by atoms with Gasteiger partial charge in [-0.25, -0.2) is 4.79 Å². The van der Waals surface area contributed by atoms with Gasteiger partial charge in [-0.15, -0.1) is 0 Å². The van der Waals surface area contributed by atoms with Gasteiger partial charge in [0.25, 0.3) is 0 Å². The first-order chi connectivity index (χ1) is 11.0. The van der Waals surface area contributed by atoms with Crippen LogP contribution in [0.15, 0.2) is 18.2 Å². The van der Waals surface area contributed by atoms with E-state index in [1.165, 1.54) is 12.1 Å². The number of nitrogens with one attached hydrogen (secondary N) is 1. The zero-order valence-electron chi connectivity index (χ0n) is 13.3. The highest BCUT2D eigenvalue weighted by atomic mass is 32.2. The van der Waals surface area contributed by atoms with E-state index in [4.69, 9.17) is 0 Å². The molecule has 0 atom stereocenters. The second-order valence-electron chi connectivity index (χ2n) is 5.33. The Kier molecular flexibility index (Phi) is 6.61. The Morgan fingerprint density at radius 1 is 1.29 bits per heavy atom. The van der Waals surface area contributed by atoms with Crippen LogP contribution in [-0.2, 0) is 21.4 Å². The van der Waals surface area contributed by atoms with Crippen LogP contribution in [0, 0.1) is 5.92 Å². The molecule has 0 fully saturated rings. The fraction of sp³-hybridized carbons (Fsp3) is 0.500. The van der Waals surface area contributed by atoms with Gasteiger partial charge in [0.15, 0.2) is 5.75 Å². The van der Waals surface area contributed by atoms with E-state index >= 15 is 0 Å². The molecule has 0 saturated carbocycles. The molecule has 0 unspecified atom stereocenters. The van der Waals surface area contributed by atoms with Crippen molar-refractivity contribution in [3.63, 3.8) is 0 Å². The summed E-state index contributed by atoms with van der Waals surface area (Å²) in [5.41, 5.74) is -5.44. The van der Waals surface area contributed by atoms with Gasteiger partial charge in [-0.2, -0.15) is 21.6 Å². The van der Waals surface area contributed by atoms with Crippen LogP contribution in [0.5, 0.6) is 5.75 Å². The number of methoxy groups -OCH3 is 1. The van der Waals surface area contributed by atoms with Crippen LogP contribution in [0.3, 0.4) is 0 Å². The molecule has 0 heterocycles. The smallest absolute Gasteiger partial charge is 0.465 e. The SMILES string of the molecule is COC(=O)c1cc(CNCC(C)C)ccc1OS(=O)(=O)C(F)(F)F. The summed E-state index contributed by atoms with van der Waals surface area (Å²) < 4.78 is 68.0. The normalized spacial score (nSPS) is 12.3. The molecule has 1 aromatic rings. The molecule has 0 saturated heterocycles. The van der Waals surface area contributed by atoms with E-state index in [1.807, 2.05) is 13.8 Å². The third kappa shape index (κ3) is 5.38. The van der Waals surface area contributed by atoms with E-state index in [0.717, 1.165) is 13.2 Å². The Bertz CT molecular complexity index is 686. The molecule has 1 N–H and O–H groups in total. The average Bonchev–Trinajstić information content (AvgIpc) is 2.46. The summed E-state index contributed by atoms with van der Waals surface area (Å²) in [6.07, 6.45) is 0. The molecule has 24 heavy (non-hydrogen) atoms. The maximum absolute atomic E-state index is 12.4. The second-order valence-corrected chi connectivity index (χ2v) is 6.87. The summed E-state index contributed by atoms with van der Waals surface area (Å²) in [4.78, 5) is 11.7. The van der Waals surface area contributed by atoms with Gasteiger partial charge >= 0.3 is 21.6 Å². The van der Waals surface area contributed by atoms with Crippen LogP contribution < -0.4 is 9.50 Å². The predicted octanol–water partition coefficient (Wildman–Crippen LogP) is 2.45. The lowest BCUT2D eigenvalue weighted by Gasteiger charge is -2.14. The number of esters is 1. The van der Waals surface area contributed by atoms with Crippen LogP contribution in [0.25, 0.3) is 0 Å². The first kappa shape index (κ1) is 20.2. The van der Waals surface area contributed by atoms with E-state index in [0.29, 0.717) is 24.6 Å². The summed E-state index contributed by atoms with van der Waals surface area (Å²) in [7, 11) is -4.86. The minimum absolute atomic E-state index is 0.342. The molecule has 0 spiro atoms. The molecular weight excluding hydrogens is 351 g/mol. The Morgan fingerprint density at radius 3 is 2.42 bits per heavy atom. The lowest BCUT2D eigenvalue weighted by molar-refractivity contribution is -0.0500. The van der Waals surface area contributed by atoms with E-state index in [1.54, 1.807) is 0 Å². The average molecular weight is 369 g/mol. The molecule has 1 aromatic carbocycles. The molecule has 0 aromatic heterocycles. The standard InChI is InChI=1S/C14H18F3NO5S/c1-9(2)7-18-8-10-4-5-12(11(6-10)13(19)22-3)23-24(20,21)14(15,16)17/h4-6,9,18H,7-8H2,1-3H3. The number of ether oxygens (including phenoxy) is 1. The van der Waals surface area contributed by atoms with Gasteiger partial charge < -0.3 is 14.2 Å². The van der Waals surface area contributed by atoms with Crippen molar-refractivity contribution in [3.05, 3.63) is 29.3 Å². The Hall–Kier alpha value is -1.81. The van der Waals surface area contributed by atoms with E-state index in [2.05, 4.69) is 14.2 Å². The lowest BCUT2D eigenvalue weighted by atomic mass is 10.1. The number of rotatable bonds is 7. The predicted molar refractivity (Wildman–Crippen MR) is 79.9 cm³/mol. The van der Waals surface area contributed by atoms with E-state index in [-0.39, 0.29) is 0 Å². The van der Waals surface area contributed by atoms with Crippen molar-refractivity contribution in [3.8, 4) is 5.75 Å². The molecule has 1 rings (SSSR count). The third-order valence-corrected chi connectivity index (χ3v) is 3.78. The fourth-order valence-corrected chi connectivity index (χ4v) is 2.18. The molecule has 0 radical (unpaired) electrons. The van der Waals surface area contributed by atoms with Gasteiger partial charge in [-0.05, 0) is 30.2 Å². The summed E-state index contributed by atoms with van der Waals surface area (Å²) >= 11 is 0. The van der Waals surface area contributed by atoms with Crippen LogP contribution in [0.2, 0.25) is 0 Å². The number of halogens is 3. The zero-order chi connectivity index (χ0) is 18.5. The molecule has 0 amide bonds. The number of hydrogen-bond acceptors (Lipinski definition) is 6. The van der Waals surface area contributed by atoms with Gasteiger partial charge in [-0.3, -0.25) is 0 Å². The van der Waals surface area contributed by atoms with Crippen molar-refractivity contribution in [2.75, 3.05) is 13.7 Å². The molecule has 6 nitrogen and oxygen atoms in total. The van der Waals surface area contributed by atoms with Crippen molar-refractivity contribution in [2.45, 2.75) is 25.9 Å². The lowest BCUT2D eigenvalue weighted by Crippen LogP contribution is -2.28. The summed E-state index contributed by atoms with van der Waals surface area (Å²) in [6.45, 7) is 5.01. The number of carbonyl (C=O) groups excluding carboxylic acids is 1. The largest absolute Gasteiger partial charge is 0.534 e. The molecular formula is C14H18F3NO5S. The first-order valence-corrected chi connectivity index (χ1v) is 8.31. The summed E-state index contributed by atoms with van der Waals surface area (Å²) in [6, 6.07) is 3.57. The minimum Gasteiger partial charge on any atom is -0.465 e. The number of carbonyl (C=O) groups is 1. The van der Waals surface area contributed by atoms with Crippen molar-refractivity contribution in [1.29, 1.82) is 0 Å². The number of benzene rings is 1. The monoisotopic (exact) mass is 369 g/mol. The summed E-state index contributed by atoms with van der Waals surface area (Å²) in [5.74, 6) is -1.37. The number of alkyl halides is 3. The van der Waals surface area contributed by atoms with Crippen molar-refractivity contribution in [2.24, 2.45) is 5.92 Å². The van der Waals surface area contributed by atoms with Crippen LogP contribution in [-0.4, -0.2) is 33.5 Å². The highest BCUT2D eigenvalue weighted by Crippen LogP contribution is 2.29. The Morgan fingerprint density at radius 2 is 1.92 bits per heavy atom. The van der Waals surface area contributed by atoms with Gasteiger partial charge in [0.2, 0.25) is 0 Å².